The molecule has 0 spiro atoms. The lowest BCUT2D eigenvalue weighted by Crippen LogP contribution is -1.91. The summed E-state index contributed by atoms with van der Waals surface area (Å²) in [7, 11) is 1.49. The highest BCUT2D eigenvalue weighted by Crippen LogP contribution is 2.39. The van der Waals surface area contributed by atoms with E-state index in [1.807, 2.05) is 24.3 Å². The van der Waals surface area contributed by atoms with Crippen LogP contribution in [0.5, 0.6) is 0 Å². The second kappa shape index (κ2) is 3.84. The Balaban J connectivity index is 2.34. The average Bonchev–Trinajstić information content (AvgIpc) is 2.54. The third-order valence-corrected chi connectivity index (χ3v) is 3.09. The fourth-order valence-electron chi connectivity index (χ4n) is 1.40. The first-order chi connectivity index (χ1) is 6.83. The third-order valence-electron chi connectivity index (χ3n) is 2.02. The number of hydrogen-bond donors (Lipinski definition) is 0. The summed E-state index contributed by atoms with van der Waals surface area (Å²) in [6.45, 7) is 0. The lowest BCUT2D eigenvalue weighted by atomic mass is 10.1. The van der Waals surface area contributed by atoms with Gasteiger partial charge < -0.3 is 4.84 Å². The number of oxime groups is 1. The number of benzene rings is 1. The van der Waals surface area contributed by atoms with Crippen molar-refractivity contribution < 1.29 is 9.63 Å². The first kappa shape index (κ1) is 9.27. The Labute approximate surface area is 86.1 Å². The normalized spacial score (nSPS) is 20.1. The predicted octanol–water partition coefficient (Wildman–Crippen LogP) is 2.25. The molecule has 1 aromatic rings. The third kappa shape index (κ3) is 1.53. The summed E-state index contributed by atoms with van der Waals surface area (Å²) in [6.07, 6.45) is 1.65. The van der Waals surface area contributed by atoms with Crippen LogP contribution in [0.4, 0.5) is 0 Å². The van der Waals surface area contributed by atoms with Crippen molar-refractivity contribution in [1.82, 2.24) is 0 Å². The largest absolute Gasteiger partial charge is 0.399 e. The molecule has 1 unspecified atom stereocenters. The molecule has 3 nitrogen and oxygen atoms in total. The predicted molar refractivity (Wildman–Crippen MR) is 56.6 cm³/mol. The summed E-state index contributed by atoms with van der Waals surface area (Å²) < 4.78 is 0. The molecule has 0 saturated heterocycles. The van der Waals surface area contributed by atoms with Crippen LogP contribution in [0.1, 0.15) is 21.2 Å². The number of fused-ring (bicyclic) bond motifs is 1. The van der Waals surface area contributed by atoms with E-state index in [9.17, 15) is 4.79 Å². The van der Waals surface area contributed by atoms with Gasteiger partial charge in [-0.2, -0.15) is 0 Å². The van der Waals surface area contributed by atoms with Gasteiger partial charge in [0.15, 0.2) is 0 Å². The van der Waals surface area contributed by atoms with Crippen LogP contribution in [-0.2, 0) is 4.84 Å². The van der Waals surface area contributed by atoms with Gasteiger partial charge in [0.1, 0.15) is 7.11 Å². The molecule has 14 heavy (non-hydrogen) atoms. The molecule has 1 aliphatic rings. The smallest absolute Gasteiger partial charge is 0.220 e. The minimum Gasteiger partial charge on any atom is -0.399 e. The van der Waals surface area contributed by atoms with Gasteiger partial charge in [-0.15, -0.1) is 0 Å². The molecule has 0 aromatic heterocycles. The van der Waals surface area contributed by atoms with Crippen molar-refractivity contribution >= 4 is 23.1 Å². The standard InChI is InChI=1S/C10H9NO2S/c1-13-11-6-9-7-4-2-3-5-8(7)10(12)14-9/h2-6,9H,1H3/b11-6+. The van der Waals surface area contributed by atoms with Gasteiger partial charge in [-0.25, -0.2) is 0 Å². The number of carbonyl (C=O) groups excluding carboxylic acids is 1. The van der Waals surface area contributed by atoms with E-state index in [1.54, 1.807) is 6.21 Å². The summed E-state index contributed by atoms with van der Waals surface area (Å²) in [5, 5.41) is 3.79. The first-order valence-corrected chi connectivity index (χ1v) is 5.07. The van der Waals surface area contributed by atoms with Crippen molar-refractivity contribution in [2.24, 2.45) is 5.16 Å². The molecule has 1 aromatic carbocycles. The zero-order chi connectivity index (χ0) is 9.97. The van der Waals surface area contributed by atoms with E-state index >= 15 is 0 Å². The van der Waals surface area contributed by atoms with E-state index in [0.717, 1.165) is 11.1 Å². The van der Waals surface area contributed by atoms with Gasteiger partial charge in [-0.3, -0.25) is 4.79 Å². The van der Waals surface area contributed by atoms with Gasteiger partial charge in [0.05, 0.1) is 11.5 Å². The molecular weight excluding hydrogens is 198 g/mol. The number of carbonyl (C=O) groups is 1. The maximum Gasteiger partial charge on any atom is 0.220 e. The van der Waals surface area contributed by atoms with Crippen LogP contribution in [0.25, 0.3) is 0 Å². The summed E-state index contributed by atoms with van der Waals surface area (Å²) in [5.74, 6) is 0. The molecule has 1 aliphatic heterocycles. The fourth-order valence-corrected chi connectivity index (χ4v) is 2.39. The maximum atomic E-state index is 11.5. The van der Waals surface area contributed by atoms with E-state index in [1.165, 1.54) is 18.9 Å². The highest BCUT2D eigenvalue weighted by molar-refractivity contribution is 8.15. The van der Waals surface area contributed by atoms with E-state index < -0.39 is 0 Å². The van der Waals surface area contributed by atoms with Gasteiger partial charge in [0, 0.05) is 5.56 Å². The number of nitrogens with zero attached hydrogens (tertiary/aromatic N) is 1. The Morgan fingerprint density at radius 2 is 2.29 bits per heavy atom. The molecule has 1 heterocycles. The quantitative estimate of drug-likeness (QED) is 0.551. The minimum absolute atomic E-state index is 0.00125. The van der Waals surface area contributed by atoms with Crippen molar-refractivity contribution in [1.29, 1.82) is 0 Å². The van der Waals surface area contributed by atoms with E-state index in [0.29, 0.717) is 0 Å². The van der Waals surface area contributed by atoms with Gasteiger partial charge >= 0.3 is 0 Å². The molecule has 72 valence electrons. The molecule has 1 atom stereocenters. The lowest BCUT2D eigenvalue weighted by molar-refractivity contribution is 0.109. The molecule has 0 bridgehead atoms. The Morgan fingerprint density at radius 1 is 1.50 bits per heavy atom. The Bertz CT molecular complexity index is 389. The second-order valence-electron chi connectivity index (χ2n) is 2.85. The maximum absolute atomic E-state index is 11.5. The molecule has 0 fully saturated rings. The van der Waals surface area contributed by atoms with Crippen LogP contribution in [0.2, 0.25) is 0 Å². The fraction of sp³-hybridized carbons (Fsp3) is 0.200. The molecule has 0 radical (unpaired) electrons. The highest BCUT2D eigenvalue weighted by atomic mass is 32.2. The SMILES string of the molecule is CO/N=C/C1SC(=O)c2ccccc21. The molecule has 0 N–H and O–H groups in total. The summed E-state index contributed by atoms with van der Waals surface area (Å²) in [5.41, 5.74) is 1.80. The number of hydrogen-bond acceptors (Lipinski definition) is 4. The molecule has 4 heteroatoms. The van der Waals surface area contributed by atoms with Crippen molar-refractivity contribution in [2.45, 2.75) is 5.25 Å². The number of rotatable bonds is 2. The van der Waals surface area contributed by atoms with E-state index in [-0.39, 0.29) is 10.4 Å². The lowest BCUT2D eigenvalue weighted by Gasteiger charge is -2.00. The highest BCUT2D eigenvalue weighted by Gasteiger charge is 2.28. The Kier molecular flexibility index (Phi) is 2.54. The Hall–Kier alpha value is -1.29. The molecule has 0 saturated carbocycles. The second-order valence-corrected chi connectivity index (χ2v) is 3.96. The van der Waals surface area contributed by atoms with E-state index in [2.05, 4.69) is 9.99 Å². The van der Waals surface area contributed by atoms with Crippen LogP contribution in [0.15, 0.2) is 29.4 Å². The summed E-state index contributed by atoms with van der Waals surface area (Å²) in [6, 6.07) is 7.57. The minimum atomic E-state index is -0.00125. The van der Waals surface area contributed by atoms with Crippen LogP contribution in [0, 0.1) is 0 Å². The molecule has 0 amide bonds. The topological polar surface area (TPSA) is 38.7 Å². The zero-order valence-corrected chi connectivity index (χ0v) is 8.45. The summed E-state index contributed by atoms with van der Waals surface area (Å²) in [4.78, 5) is 16.1. The van der Waals surface area contributed by atoms with Crippen LogP contribution >= 0.6 is 11.8 Å². The van der Waals surface area contributed by atoms with Crippen molar-refractivity contribution in [3.8, 4) is 0 Å². The van der Waals surface area contributed by atoms with Crippen LogP contribution < -0.4 is 0 Å². The summed E-state index contributed by atoms with van der Waals surface area (Å²) >= 11 is 1.27. The van der Waals surface area contributed by atoms with Crippen LogP contribution in [0.3, 0.4) is 0 Å². The van der Waals surface area contributed by atoms with Gasteiger partial charge in [0.2, 0.25) is 5.12 Å². The van der Waals surface area contributed by atoms with E-state index in [4.69, 9.17) is 0 Å². The van der Waals surface area contributed by atoms with Crippen molar-refractivity contribution in [3.05, 3.63) is 35.4 Å². The Morgan fingerprint density at radius 3 is 3.07 bits per heavy atom. The van der Waals surface area contributed by atoms with Crippen molar-refractivity contribution in [3.63, 3.8) is 0 Å². The van der Waals surface area contributed by atoms with Gasteiger partial charge in [0.25, 0.3) is 0 Å². The molecule has 0 aliphatic carbocycles. The monoisotopic (exact) mass is 207 g/mol. The first-order valence-electron chi connectivity index (χ1n) is 4.19. The molecular formula is C10H9NO2S. The van der Waals surface area contributed by atoms with Gasteiger partial charge in [-0.1, -0.05) is 41.2 Å². The van der Waals surface area contributed by atoms with Crippen molar-refractivity contribution in [2.75, 3.05) is 7.11 Å². The molecule has 2 rings (SSSR count). The van der Waals surface area contributed by atoms with Crippen LogP contribution in [-0.4, -0.2) is 18.4 Å². The van der Waals surface area contributed by atoms with Gasteiger partial charge in [-0.05, 0) is 5.56 Å². The number of thioether (sulfide) groups is 1. The average molecular weight is 207 g/mol. The zero-order valence-electron chi connectivity index (χ0n) is 7.64.